The number of esters is 2. The molecule has 1 aromatic heterocycles. The van der Waals surface area contributed by atoms with E-state index in [0.29, 0.717) is 29.5 Å². The number of amides is 3. The zero-order chi connectivity index (χ0) is 36.4. The maximum absolute atomic E-state index is 13.8. The normalized spacial score (nSPS) is 12.5. The summed E-state index contributed by atoms with van der Waals surface area (Å²) in [6, 6.07) is 11.9. The van der Waals surface area contributed by atoms with Gasteiger partial charge < -0.3 is 34.7 Å². The molecule has 15 heteroatoms. The van der Waals surface area contributed by atoms with E-state index in [4.69, 9.17) is 24.4 Å². The number of rotatable bonds is 14. The number of nitrogens with zero attached hydrogens (tertiary/aromatic N) is 1. The van der Waals surface area contributed by atoms with Crippen LogP contribution in [0.5, 0.6) is 5.75 Å². The number of nitrogens with one attached hydrogen (secondary N) is 4. The highest BCUT2D eigenvalue weighted by molar-refractivity contribution is 6.11. The third-order valence-corrected chi connectivity index (χ3v) is 7.28. The van der Waals surface area contributed by atoms with Crippen LogP contribution >= 0.6 is 0 Å². The summed E-state index contributed by atoms with van der Waals surface area (Å²) in [7, 11) is 1.43. The van der Waals surface area contributed by atoms with Crippen molar-refractivity contribution < 1.29 is 48.0 Å². The Balaban J connectivity index is 1.63. The van der Waals surface area contributed by atoms with Crippen molar-refractivity contribution in [2.24, 2.45) is 5.92 Å². The van der Waals surface area contributed by atoms with E-state index in [0.717, 1.165) is 19.8 Å². The largest absolute Gasteiger partial charge is 0.496 e. The highest BCUT2D eigenvalue weighted by atomic mass is 16.7. The van der Waals surface area contributed by atoms with Crippen LogP contribution in [0.2, 0.25) is 0 Å². The van der Waals surface area contributed by atoms with E-state index in [1.807, 2.05) is 0 Å². The summed E-state index contributed by atoms with van der Waals surface area (Å²) in [6.07, 6.45) is 1.38. The van der Waals surface area contributed by atoms with Crippen LogP contribution in [0.1, 0.15) is 69.2 Å². The van der Waals surface area contributed by atoms with Gasteiger partial charge in [-0.2, -0.15) is 0 Å². The molecule has 3 aromatic rings. The van der Waals surface area contributed by atoms with Gasteiger partial charge in [-0.1, -0.05) is 12.7 Å². The molecule has 1 unspecified atom stereocenters. The molecule has 5 N–H and O–H groups in total. The first kappa shape index (κ1) is 36.7. The molecule has 3 amide bonds. The second-order valence-electron chi connectivity index (χ2n) is 11.1. The smallest absolute Gasteiger partial charge is 0.415 e. The molecule has 0 radical (unpaired) electrons. The van der Waals surface area contributed by atoms with Crippen molar-refractivity contribution in [2.75, 3.05) is 32.2 Å². The van der Waals surface area contributed by atoms with Gasteiger partial charge in [0.1, 0.15) is 23.9 Å². The molecule has 0 saturated heterocycles. The third-order valence-electron chi connectivity index (χ3n) is 7.28. The summed E-state index contributed by atoms with van der Waals surface area (Å²) in [5.41, 5.74) is 1.26. The average molecular weight is 688 g/mol. The Labute approximate surface area is 287 Å². The van der Waals surface area contributed by atoms with Crippen molar-refractivity contribution in [3.05, 3.63) is 83.2 Å². The van der Waals surface area contributed by atoms with Crippen LogP contribution in [0.3, 0.4) is 0 Å². The summed E-state index contributed by atoms with van der Waals surface area (Å²) in [5, 5.41) is 25.2. The van der Waals surface area contributed by atoms with Crippen LogP contribution in [-0.4, -0.2) is 78.9 Å². The Kier molecular flexibility index (Phi) is 12.4. The molecule has 15 nitrogen and oxygen atoms in total. The molecule has 1 aliphatic carbocycles. The maximum atomic E-state index is 13.8. The molecule has 1 saturated carbocycles. The topological polar surface area (TPSA) is 215 Å². The van der Waals surface area contributed by atoms with Crippen LogP contribution in [0.4, 0.5) is 10.5 Å². The third kappa shape index (κ3) is 9.73. The molecule has 4 rings (SSSR count). The van der Waals surface area contributed by atoms with Gasteiger partial charge in [-0.3, -0.25) is 25.1 Å². The molecule has 1 aliphatic rings. The minimum absolute atomic E-state index is 0.0293. The highest BCUT2D eigenvalue weighted by Gasteiger charge is 2.26. The number of anilines is 1. The molecule has 2 aromatic carbocycles. The Morgan fingerprint density at radius 2 is 1.76 bits per heavy atom. The summed E-state index contributed by atoms with van der Waals surface area (Å²) < 4.78 is 20.3. The van der Waals surface area contributed by atoms with Crippen molar-refractivity contribution in [3.8, 4) is 16.9 Å². The number of pyridine rings is 1. The number of aliphatic hydroxyl groups is 1. The second-order valence-corrected chi connectivity index (χ2v) is 11.1. The lowest BCUT2D eigenvalue weighted by Gasteiger charge is -2.17. The lowest BCUT2D eigenvalue weighted by Crippen LogP contribution is -2.34. The summed E-state index contributed by atoms with van der Waals surface area (Å²) in [6.45, 7) is 6.04. The van der Waals surface area contributed by atoms with Crippen molar-refractivity contribution in [1.29, 1.82) is 5.41 Å². The van der Waals surface area contributed by atoms with Gasteiger partial charge in [0.2, 0.25) is 6.29 Å². The van der Waals surface area contributed by atoms with Crippen LogP contribution < -0.4 is 20.7 Å². The number of alkyl carbamates (subject to hydrolysis) is 1. The second kappa shape index (κ2) is 16.8. The van der Waals surface area contributed by atoms with Crippen molar-refractivity contribution in [3.63, 3.8) is 0 Å². The van der Waals surface area contributed by atoms with Crippen molar-refractivity contribution >= 4 is 47.4 Å². The van der Waals surface area contributed by atoms with Gasteiger partial charge in [0.25, 0.3) is 11.8 Å². The monoisotopic (exact) mass is 687 g/mol. The molecular weight excluding hydrogens is 650 g/mol. The molecule has 1 fully saturated rings. The van der Waals surface area contributed by atoms with E-state index in [-0.39, 0.29) is 46.1 Å². The fourth-order valence-electron chi connectivity index (χ4n) is 4.69. The molecular formula is C35H37N5O10. The Morgan fingerprint density at radius 3 is 2.38 bits per heavy atom. The standard InChI is InChI=1S/C35H37N5O10/c1-5-22-16-27(32(43)38-24-10-8-23(9-11-24)31(36)40-35(46)50-20(3)49-19(2)42)26(17-29(22)47-4)25-12-13-28(33(44)37-18-21-6-7-21)39-30(25)34(45)48-15-14-41/h5,8-13,16-17,20-21,41H,1,6-7,14-15,18H2,2-4H3,(H,37,44)(H,38,43)(H2,36,40,46). The molecule has 0 bridgehead atoms. The number of benzene rings is 2. The van der Waals surface area contributed by atoms with E-state index < -0.39 is 42.7 Å². The molecule has 0 spiro atoms. The number of amidine groups is 1. The zero-order valence-corrected chi connectivity index (χ0v) is 27.7. The minimum Gasteiger partial charge on any atom is -0.496 e. The van der Waals surface area contributed by atoms with Crippen LogP contribution in [0.25, 0.3) is 17.2 Å². The zero-order valence-electron chi connectivity index (χ0n) is 27.7. The van der Waals surface area contributed by atoms with E-state index in [1.54, 1.807) is 0 Å². The number of methoxy groups -OCH3 is 1. The summed E-state index contributed by atoms with van der Waals surface area (Å²) in [5.74, 6) is -2.19. The van der Waals surface area contributed by atoms with E-state index in [2.05, 4.69) is 27.5 Å². The molecule has 1 atom stereocenters. The van der Waals surface area contributed by atoms with E-state index >= 15 is 0 Å². The number of aromatic nitrogens is 1. The predicted molar refractivity (Wildman–Crippen MR) is 181 cm³/mol. The number of hydrogen-bond donors (Lipinski definition) is 5. The average Bonchev–Trinajstić information content (AvgIpc) is 3.93. The first-order chi connectivity index (χ1) is 23.9. The van der Waals surface area contributed by atoms with Crippen LogP contribution in [-0.2, 0) is 19.0 Å². The molecule has 262 valence electrons. The van der Waals surface area contributed by atoms with E-state index in [1.165, 1.54) is 68.6 Å². The van der Waals surface area contributed by atoms with Crippen molar-refractivity contribution in [2.45, 2.75) is 33.0 Å². The molecule has 0 aliphatic heterocycles. The van der Waals surface area contributed by atoms with Crippen molar-refractivity contribution in [1.82, 2.24) is 15.6 Å². The molecule has 1 heterocycles. The Morgan fingerprint density at radius 1 is 1.04 bits per heavy atom. The summed E-state index contributed by atoms with van der Waals surface area (Å²) >= 11 is 0. The van der Waals surface area contributed by atoms with Gasteiger partial charge >= 0.3 is 18.0 Å². The first-order valence-corrected chi connectivity index (χ1v) is 15.5. The predicted octanol–water partition coefficient (Wildman–Crippen LogP) is 3.90. The fourth-order valence-corrected chi connectivity index (χ4v) is 4.69. The maximum Gasteiger partial charge on any atom is 0.415 e. The lowest BCUT2D eigenvalue weighted by molar-refractivity contribution is -0.161. The number of hydrogen-bond acceptors (Lipinski definition) is 12. The van der Waals surface area contributed by atoms with E-state index in [9.17, 15) is 29.1 Å². The number of carbonyl (C=O) groups excluding carboxylic acids is 5. The minimum atomic E-state index is -1.16. The van der Waals surface area contributed by atoms with Gasteiger partial charge in [-0.05, 0) is 67.3 Å². The number of ether oxygens (including phenoxy) is 4. The number of carbonyl (C=O) groups is 5. The van der Waals surface area contributed by atoms with Gasteiger partial charge in [0, 0.05) is 53.9 Å². The van der Waals surface area contributed by atoms with Gasteiger partial charge in [0.05, 0.1) is 13.7 Å². The van der Waals surface area contributed by atoms with Crippen LogP contribution in [0, 0.1) is 11.3 Å². The fraction of sp³-hybridized carbons (Fsp3) is 0.286. The Hall–Kier alpha value is -6.09. The lowest BCUT2D eigenvalue weighted by atomic mass is 9.94. The van der Waals surface area contributed by atoms with Gasteiger partial charge in [-0.15, -0.1) is 0 Å². The highest BCUT2D eigenvalue weighted by Crippen LogP contribution is 2.35. The van der Waals surface area contributed by atoms with Crippen LogP contribution in [0.15, 0.2) is 55.1 Å². The first-order valence-electron chi connectivity index (χ1n) is 15.5. The summed E-state index contributed by atoms with van der Waals surface area (Å²) in [4.78, 5) is 67.3. The van der Waals surface area contributed by atoms with Gasteiger partial charge in [-0.25, -0.2) is 14.6 Å². The number of aliphatic hydroxyl groups excluding tert-OH is 1. The molecule has 50 heavy (non-hydrogen) atoms. The Bertz CT molecular complexity index is 1800. The quantitative estimate of drug-likeness (QED) is 0.0709. The van der Waals surface area contributed by atoms with Gasteiger partial charge in [0.15, 0.2) is 5.69 Å². The SMILES string of the molecule is C=Cc1cc(C(=O)Nc2ccc(C(=N)NC(=O)OC(C)OC(C)=O)cc2)c(-c2ccc(C(=O)NCC3CC3)nc2C(=O)OCCO)cc1OC.